The molecule has 1 saturated carbocycles. The number of carbonyl (C=O) groups is 2. The number of aromatic nitrogens is 1. The van der Waals surface area contributed by atoms with E-state index < -0.39 is 17.7 Å². The molecule has 1 aromatic carbocycles. The van der Waals surface area contributed by atoms with Crippen LogP contribution in [0, 0.1) is 11.7 Å². The lowest BCUT2D eigenvalue weighted by Crippen LogP contribution is -2.40. The first-order chi connectivity index (χ1) is 12.0. The molecule has 2 N–H and O–H groups in total. The number of carbonyl (C=O) groups excluding carboxylic acids is 1. The smallest absolute Gasteiger partial charge is 0.308 e. The number of carboxylic acids is 1. The quantitative estimate of drug-likeness (QED) is 0.870. The number of rotatable bonds is 5. The van der Waals surface area contributed by atoms with E-state index in [1.165, 1.54) is 30.5 Å². The third kappa shape index (κ3) is 3.93. The fraction of sp³-hybridized carbons (Fsp3) is 0.278. The Hall–Kier alpha value is -2.96. The third-order valence-electron chi connectivity index (χ3n) is 4.20. The van der Waals surface area contributed by atoms with Gasteiger partial charge in [-0.25, -0.2) is 9.37 Å². The number of hydrogen-bond donors (Lipinski definition) is 2. The van der Waals surface area contributed by atoms with Crippen molar-refractivity contribution in [2.75, 3.05) is 0 Å². The number of nitrogens with one attached hydrogen (secondary N) is 1. The second-order valence-electron chi connectivity index (χ2n) is 5.87. The van der Waals surface area contributed by atoms with Crippen LogP contribution < -0.4 is 10.1 Å². The van der Waals surface area contributed by atoms with Crippen molar-refractivity contribution in [2.24, 2.45) is 5.92 Å². The highest BCUT2D eigenvalue weighted by Gasteiger charge is 2.34. The molecular formula is C18H17FN2O4. The highest BCUT2D eigenvalue weighted by molar-refractivity contribution is 5.94. The summed E-state index contributed by atoms with van der Waals surface area (Å²) in [6, 6.07) is 8.53. The summed E-state index contributed by atoms with van der Waals surface area (Å²) >= 11 is 0. The zero-order valence-corrected chi connectivity index (χ0v) is 13.3. The Morgan fingerprint density at radius 3 is 2.68 bits per heavy atom. The molecule has 25 heavy (non-hydrogen) atoms. The van der Waals surface area contributed by atoms with E-state index in [0.717, 1.165) is 6.42 Å². The molecular weight excluding hydrogens is 327 g/mol. The SMILES string of the molecule is O=C(N[C@H]1CCC[C@H]1C(=O)O)c1ccc(Oc2ccccc2F)nc1. The molecule has 1 aliphatic rings. The number of carboxylic acid groups (broad SMARTS) is 1. The largest absolute Gasteiger partial charge is 0.481 e. The van der Waals surface area contributed by atoms with Crippen LogP contribution >= 0.6 is 0 Å². The van der Waals surface area contributed by atoms with Crippen LogP contribution in [0.3, 0.4) is 0 Å². The van der Waals surface area contributed by atoms with Crippen LogP contribution in [0.15, 0.2) is 42.6 Å². The van der Waals surface area contributed by atoms with Crippen LogP contribution in [0.25, 0.3) is 0 Å². The molecule has 3 rings (SSSR count). The van der Waals surface area contributed by atoms with Gasteiger partial charge in [0.15, 0.2) is 11.6 Å². The van der Waals surface area contributed by atoms with E-state index >= 15 is 0 Å². The first-order valence-corrected chi connectivity index (χ1v) is 7.96. The summed E-state index contributed by atoms with van der Waals surface area (Å²) in [5, 5.41) is 11.9. The maximum absolute atomic E-state index is 13.5. The van der Waals surface area contributed by atoms with E-state index in [4.69, 9.17) is 9.84 Å². The van der Waals surface area contributed by atoms with Crippen LogP contribution in [0.5, 0.6) is 11.6 Å². The van der Waals surface area contributed by atoms with Gasteiger partial charge in [-0.15, -0.1) is 0 Å². The molecule has 0 saturated heterocycles. The topological polar surface area (TPSA) is 88.5 Å². The second-order valence-corrected chi connectivity index (χ2v) is 5.87. The molecule has 1 aliphatic carbocycles. The molecule has 1 fully saturated rings. The van der Waals surface area contributed by atoms with E-state index in [2.05, 4.69) is 10.3 Å². The Kier molecular flexibility index (Phi) is 4.92. The number of aliphatic carboxylic acids is 1. The predicted molar refractivity (Wildman–Crippen MR) is 86.9 cm³/mol. The minimum atomic E-state index is -0.894. The maximum atomic E-state index is 13.5. The first kappa shape index (κ1) is 16.9. The molecule has 0 spiro atoms. The first-order valence-electron chi connectivity index (χ1n) is 7.96. The number of hydrogen-bond acceptors (Lipinski definition) is 4. The lowest BCUT2D eigenvalue weighted by Gasteiger charge is -2.17. The van der Waals surface area contributed by atoms with Crippen molar-refractivity contribution in [1.29, 1.82) is 0 Å². The number of para-hydroxylation sites is 1. The predicted octanol–water partition coefficient (Wildman–Crippen LogP) is 3.00. The van der Waals surface area contributed by atoms with Crippen LogP contribution in [-0.2, 0) is 4.79 Å². The van der Waals surface area contributed by atoms with Gasteiger partial charge >= 0.3 is 5.97 Å². The zero-order valence-electron chi connectivity index (χ0n) is 13.3. The van der Waals surface area contributed by atoms with Gasteiger partial charge in [0.1, 0.15) is 0 Å². The molecule has 6 nitrogen and oxygen atoms in total. The minimum absolute atomic E-state index is 0.0439. The number of benzene rings is 1. The van der Waals surface area contributed by atoms with Crippen LogP contribution in [-0.4, -0.2) is 28.0 Å². The van der Waals surface area contributed by atoms with Gasteiger partial charge in [0.25, 0.3) is 5.91 Å². The molecule has 7 heteroatoms. The van der Waals surface area contributed by atoms with Crippen molar-refractivity contribution in [3.63, 3.8) is 0 Å². The summed E-state index contributed by atoms with van der Waals surface area (Å²) in [6.07, 6.45) is 3.30. The van der Waals surface area contributed by atoms with Gasteiger partial charge in [0.05, 0.1) is 11.5 Å². The van der Waals surface area contributed by atoms with Gasteiger partial charge in [0.2, 0.25) is 5.88 Å². The van der Waals surface area contributed by atoms with Gasteiger partial charge in [-0.1, -0.05) is 18.6 Å². The maximum Gasteiger partial charge on any atom is 0.308 e. The molecule has 1 amide bonds. The Morgan fingerprint density at radius 2 is 2.00 bits per heavy atom. The average Bonchev–Trinajstić information content (AvgIpc) is 3.06. The normalized spacial score (nSPS) is 19.4. The Bertz CT molecular complexity index is 779. The van der Waals surface area contributed by atoms with Gasteiger partial charge in [-0.3, -0.25) is 9.59 Å². The van der Waals surface area contributed by atoms with Crippen molar-refractivity contribution in [1.82, 2.24) is 10.3 Å². The molecule has 1 heterocycles. The minimum Gasteiger partial charge on any atom is -0.481 e. The number of pyridine rings is 1. The number of halogens is 1. The van der Waals surface area contributed by atoms with Crippen LogP contribution in [0.1, 0.15) is 29.6 Å². The van der Waals surface area contributed by atoms with Crippen LogP contribution in [0.2, 0.25) is 0 Å². The van der Waals surface area contributed by atoms with E-state index in [1.54, 1.807) is 12.1 Å². The van der Waals surface area contributed by atoms with Gasteiger partial charge in [-0.2, -0.15) is 0 Å². The van der Waals surface area contributed by atoms with Crippen molar-refractivity contribution < 1.29 is 23.8 Å². The monoisotopic (exact) mass is 344 g/mol. The van der Waals surface area contributed by atoms with E-state index in [0.29, 0.717) is 12.8 Å². The van der Waals surface area contributed by atoms with Crippen molar-refractivity contribution in [2.45, 2.75) is 25.3 Å². The lowest BCUT2D eigenvalue weighted by molar-refractivity contribution is -0.142. The number of nitrogens with zero attached hydrogens (tertiary/aromatic N) is 1. The summed E-state index contributed by atoms with van der Waals surface area (Å²) in [4.78, 5) is 27.4. The third-order valence-corrected chi connectivity index (χ3v) is 4.20. The fourth-order valence-electron chi connectivity index (χ4n) is 2.90. The van der Waals surface area contributed by atoms with E-state index in [9.17, 15) is 14.0 Å². The molecule has 130 valence electrons. The highest BCUT2D eigenvalue weighted by Crippen LogP contribution is 2.26. The summed E-state index contributed by atoms with van der Waals surface area (Å²) in [5.41, 5.74) is 0.289. The lowest BCUT2D eigenvalue weighted by atomic mass is 10.0. The molecule has 2 aromatic rings. The Morgan fingerprint density at radius 1 is 1.20 bits per heavy atom. The Labute approximate surface area is 143 Å². The van der Waals surface area contributed by atoms with E-state index in [1.807, 2.05) is 0 Å². The average molecular weight is 344 g/mol. The molecule has 1 aromatic heterocycles. The van der Waals surface area contributed by atoms with Gasteiger partial charge in [0, 0.05) is 18.3 Å². The number of amides is 1. The molecule has 2 atom stereocenters. The fourth-order valence-corrected chi connectivity index (χ4v) is 2.90. The van der Waals surface area contributed by atoms with Gasteiger partial charge < -0.3 is 15.2 Å². The summed E-state index contributed by atoms with van der Waals surface area (Å²) in [7, 11) is 0. The number of ether oxygens (including phenoxy) is 1. The van der Waals surface area contributed by atoms with Crippen LogP contribution in [0.4, 0.5) is 4.39 Å². The van der Waals surface area contributed by atoms with Crippen molar-refractivity contribution in [3.8, 4) is 11.6 Å². The highest BCUT2D eigenvalue weighted by atomic mass is 19.1. The molecule has 0 unspecified atom stereocenters. The second kappa shape index (κ2) is 7.29. The molecule has 0 bridgehead atoms. The standard InChI is InChI=1S/C18H17FN2O4/c19-13-5-1-2-7-15(13)25-16-9-8-11(10-20-16)17(22)21-14-6-3-4-12(14)18(23)24/h1-2,5,7-10,12,14H,3-4,6H2,(H,21,22)(H,23,24)/t12-,14+/m1/s1. The molecule has 0 radical (unpaired) electrons. The van der Waals surface area contributed by atoms with Gasteiger partial charge in [-0.05, 0) is 31.0 Å². The zero-order chi connectivity index (χ0) is 17.8. The van der Waals surface area contributed by atoms with E-state index in [-0.39, 0.29) is 29.1 Å². The summed E-state index contributed by atoms with van der Waals surface area (Å²) in [5.74, 6) is -2.14. The Balaban J connectivity index is 1.65. The van der Waals surface area contributed by atoms with Crippen molar-refractivity contribution >= 4 is 11.9 Å². The summed E-state index contributed by atoms with van der Waals surface area (Å²) in [6.45, 7) is 0. The van der Waals surface area contributed by atoms with Crippen molar-refractivity contribution in [3.05, 3.63) is 54.0 Å². The summed E-state index contributed by atoms with van der Waals surface area (Å²) < 4.78 is 18.9. The molecule has 0 aliphatic heterocycles.